The zero-order valence-electron chi connectivity index (χ0n) is 7.10. The van der Waals surface area contributed by atoms with Gasteiger partial charge in [-0.25, -0.2) is 0 Å². The summed E-state index contributed by atoms with van der Waals surface area (Å²) in [4.78, 5) is -0.550. The van der Waals surface area contributed by atoms with Crippen molar-refractivity contribution in [2.75, 3.05) is 0 Å². The molecule has 0 aromatic carbocycles. The van der Waals surface area contributed by atoms with Crippen LogP contribution < -0.4 is 0 Å². The molecule has 1 aliphatic carbocycles. The average molecular weight is 172 g/mol. The van der Waals surface area contributed by atoms with E-state index in [1.54, 1.807) is 0 Å². The Morgan fingerprint density at radius 2 is 2.09 bits per heavy atom. The van der Waals surface area contributed by atoms with Crippen molar-refractivity contribution in [3.05, 3.63) is 0 Å². The van der Waals surface area contributed by atoms with Crippen LogP contribution in [0.3, 0.4) is 0 Å². The van der Waals surface area contributed by atoms with E-state index in [0.717, 1.165) is 25.2 Å². The van der Waals surface area contributed by atoms with Crippen molar-refractivity contribution < 1.29 is 0 Å². The highest BCUT2D eigenvalue weighted by Crippen LogP contribution is 2.39. The van der Waals surface area contributed by atoms with E-state index in [2.05, 4.69) is 19.9 Å². The smallest absolute Gasteiger partial charge is 0.131 e. The molecular weight excluding hydrogens is 158 g/mol. The van der Waals surface area contributed by atoms with E-state index in [0.29, 0.717) is 5.92 Å². The summed E-state index contributed by atoms with van der Waals surface area (Å²) in [5.41, 5.74) is 0. The summed E-state index contributed by atoms with van der Waals surface area (Å²) in [6.45, 7) is 4.41. The number of rotatable bonds is 0. The van der Waals surface area contributed by atoms with Gasteiger partial charge in [-0.15, -0.1) is 11.6 Å². The molecule has 0 radical (unpaired) electrons. The van der Waals surface area contributed by atoms with Gasteiger partial charge in [0.1, 0.15) is 4.87 Å². The molecule has 1 aliphatic rings. The Kier molecular flexibility index (Phi) is 2.44. The van der Waals surface area contributed by atoms with E-state index in [1.807, 2.05) is 0 Å². The highest BCUT2D eigenvalue weighted by atomic mass is 35.5. The molecule has 1 saturated carbocycles. The first-order chi connectivity index (χ1) is 5.07. The van der Waals surface area contributed by atoms with Crippen LogP contribution in [-0.2, 0) is 0 Å². The second kappa shape index (κ2) is 3.03. The molecule has 0 heterocycles. The molecule has 0 bridgehead atoms. The maximum absolute atomic E-state index is 8.77. The third kappa shape index (κ3) is 1.87. The molecule has 1 rings (SSSR count). The number of halogens is 1. The van der Waals surface area contributed by atoms with Gasteiger partial charge in [-0.1, -0.05) is 13.8 Å². The van der Waals surface area contributed by atoms with E-state index < -0.39 is 4.87 Å². The fourth-order valence-corrected chi connectivity index (χ4v) is 2.01. The summed E-state index contributed by atoms with van der Waals surface area (Å²) in [6.07, 6.45) is 2.81. The molecular formula is C9H14ClN. The van der Waals surface area contributed by atoms with E-state index in [9.17, 15) is 0 Å². The molecule has 62 valence electrons. The molecule has 3 unspecified atom stereocenters. The zero-order valence-corrected chi connectivity index (χ0v) is 7.86. The molecule has 1 nitrogen and oxygen atoms in total. The summed E-state index contributed by atoms with van der Waals surface area (Å²) >= 11 is 6.06. The minimum atomic E-state index is -0.550. The molecule has 3 atom stereocenters. The van der Waals surface area contributed by atoms with Gasteiger partial charge in [0, 0.05) is 0 Å². The van der Waals surface area contributed by atoms with Crippen LogP contribution in [0.2, 0.25) is 0 Å². The number of hydrogen-bond donors (Lipinski definition) is 0. The predicted molar refractivity (Wildman–Crippen MR) is 46.4 cm³/mol. The molecule has 0 aromatic heterocycles. The van der Waals surface area contributed by atoms with Gasteiger partial charge in [0.15, 0.2) is 0 Å². The Hall–Kier alpha value is -0.220. The summed E-state index contributed by atoms with van der Waals surface area (Å²) in [5, 5.41) is 8.77. The van der Waals surface area contributed by atoms with E-state index in [1.165, 1.54) is 0 Å². The molecule has 2 heteroatoms. The molecule has 0 N–H and O–H groups in total. The molecule has 11 heavy (non-hydrogen) atoms. The highest BCUT2D eigenvalue weighted by molar-refractivity contribution is 6.25. The Bertz CT molecular complexity index is 184. The van der Waals surface area contributed by atoms with Gasteiger partial charge in [0.25, 0.3) is 0 Å². The standard InChI is InChI=1S/C9H14ClN/c1-7-3-4-9(10,6-11)5-8(7)2/h7-8H,3-5H2,1-2H3. The minimum absolute atomic E-state index is 0.550. The van der Waals surface area contributed by atoms with Crippen molar-refractivity contribution in [3.63, 3.8) is 0 Å². The van der Waals surface area contributed by atoms with Gasteiger partial charge < -0.3 is 0 Å². The Labute approximate surface area is 73.3 Å². The van der Waals surface area contributed by atoms with Gasteiger partial charge in [-0.2, -0.15) is 5.26 Å². The van der Waals surface area contributed by atoms with Crippen molar-refractivity contribution in [2.24, 2.45) is 11.8 Å². The molecule has 0 aromatic rings. The average Bonchev–Trinajstić information content (AvgIpc) is 1.98. The molecule has 1 fully saturated rings. The van der Waals surface area contributed by atoms with Crippen LogP contribution in [0.5, 0.6) is 0 Å². The summed E-state index contributed by atoms with van der Waals surface area (Å²) in [6, 6.07) is 2.20. The molecule has 0 spiro atoms. The largest absolute Gasteiger partial charge is 0.196 e. The van der Waals surface area contributed by atoms with Crippen LogP contribution in [0.1, 0.15) is 33.1 Å². The maximum atomic E-state index is 8.77. The van der Waals surface area contributed by atoms with E-state index >= 15 is 0 Å². The van der Waals surface area contributed by atoms with E-state index in [-0.39, 0.29) is 0 Å². The van der Waals surface area contributed by atoms with Gasteiger partial charge >= 0.3 is 0 Å². The van der Waals surface area contributed by atoms with Gasteiger partial charge in [-0.05, 0) is 31.1 Å². The number of nitriles is 1. The summed E-state index contributed by atoms with van der Waals surface area (Å²) in [5.74, 6) is 1.33. The first-order valence-electron chi connectivity index (χ1n) is 4.17. The third-order valence-electron chi connectivity index (χ3n) is 2.81. The minimum Gasteiger partial charge on any atom is -0.196 e. The summed E-state index contributed by atoms with van der Waals surface area (Å²) in [7, 11) is 0. The van der Waals surface area contributed by atoms with Crippen LogP contribution in [0, 0.1) is 23.2 Å². The van der Waals surface area contributed by atoms with Crippen LogP contribution >= 0.6 is 11.6 Å². The summed E-state index contributed by atoms with van der Waals surface area (Å²) < 4.78 is 0. The van der Waals surface area contributed by atoms with Crippen molar-refractivity contribution in [2.45, 2.75) is 38.0 Å². The Morgan fingerprint density at radius 3 is 2.55 bits per heavy atom. The maximum Gasteiger partial charge on any atom is 0.131 e. The van der Waals surface area contributed by atoms with Crippen LogP contribution in [0.25, 0.3) is 0 Å². The van der Waals surface area contributed by atoms with Crippen molar-refractivity contribution in [3.8, 4) is 6.07 Å². The quantitative estimate of drug-likeness (QED) is 0.514. The second-order valence-corrected chi connectivity index (χ2v) is 4.50. The lowest BCUT2D eigenvalue weighted by molar-refractivity contribution is 0.254. The second-order valence-electron chi connectivity index (χ2n) is 3.77. The van der Waals surface area contributed by atoms with Gasteiger partial charge in [0.2, 0.25) is 0 Å². The Balaban J connectivity index is 2.61. The van der Waals surface area contributed by atoms with Crippen LogP contribution in [0.15, 0.2) is 0 Å². The molecule has 0 saturated heterocycles. The molecule has 0 aliphatic heterocycles. The fourth-order valence-electron chi connectivity index (χ4n) is 1.66. The topological polar surface area (TPSA) is 23.8 Å². The highest BCUT2D eigenvalue weighted by Gasteiger charge is 2.35. The lowest BCUT2D eigenvalue weighted by atomic mass is 9.76. The Morgan fingerprint density at radius 1 is 1.45 bits per heavy atom. The van der Waals surface area contributed by atoms with E-state index in [4.69, 9.17) is 16.9 Å². The van der Waals surface area contributed by atoms with Gasteiger partial charge in [-0.3, -0.25) is 0 Å². The third-order valence-corrected chi connectivity index (χ3v) is 3.24. The molecule has 0 amide bonds. The first kappa shape index (κ1) is 8.87. The van der Waals surface area contributed by atoms with Crippen molar-refractivity contribution in [1.29, 1.82) is 5.26 Å². The normalized spacial score (nSPS) is 44.9. The fraction of sp³-hybridized carbons (Fsp3) is 0.889. The van der Waals surface area contributed by atoms with Crippen LogP contribution in [-0.4, -0.2) is 4.87 Å². The van der Waals surface area contributed by atoms with Crippen LogP contribution in [0.4, 0.5) is 0 Å². The predicted octanol–water partition coefficient (Wildman–Crippen LogP) is 2.94. The first-order valence-corrected chi connectivity index (χ1v) is 4.55. The number of alkyl halides is 1. The lowest BCUT2D eigenvalue weighted by Gasteiger charge is -2.33. The van der Waals surface area contributed by atoms with Crippen molar-refractivity contribution >= 4 is 11.6 Å². The lowest BCUT2D eigenvalue weighted by Crippen LogP contribution is -2.31. The zero-order chi connectivity index (χ0) is 8.48. The number of hydrogen-bond acceptors (Lipinski definition) is 1. The van der Waals surface area contributed by atoms with Crippen molar-refractivity contribution in [1.82, 2.24) is 0 Å². The number of nitrogens with zero attached hydrogens (tertiary/aromatic N) is 1. The van der Waals surface area contributed by atoms with Gasteiger partial charge in [0.05, 0.1) is 6.07 Å². The monoisotopic (exact) mass is 171 g/mol. The SMILES string of the molecule is CC1CCC(Cl)(C#N)CC1C.